The number of nitrogens with zero attached hydrogens (tertiary/aromatic N) is 2. The average molecular weight is 647 g/mol. The number of benzene rings is 3. The minimum absolute atomic E-state index is 0.00922. The maximum atomic E-state index is 14.0. The van der Waals surface area contributed by atoms with Crippen LogP contribution in [0.1, 0.15) is 50.2 Å². The summed E-state index contributed by atoms with van der Waals surface area (Å²) >= 11 is 12.5. The van der Waals surface area contributed by atoms with Gasteiger partial charge in [-0.25, -0.2) is 8.42 Å². The van der Waals surface area contributed by atoms with Crippen LogP contribution in [-0.2, 0) is 32.8 Å². The zero-order chi connectivity index (χ0) is 31.0. The number of rotatable bonds is 13. The zero-order valence-electron chi connectivity index (χ0n) is 24.3. The molecule has 1 N–H and O–H groups in total. The fourth-order valence-corrected chi connectivity index (χ4v) is 6.50. The minimum atomic E-state index is -3.87. The van der Waals surface area contributed by atoms with Gasteiger partial charge in [0.1, 0.15) is 24.9 Å². The van der Waals surface area contributed by atoms with Gasteiger partial charge in [0.05, 0.1) is 11.9 Å². The summed E-state index contributed by atoms with van der Waals surface area (Å²) < 4.78 is 32.8. The monoisotopic (exact) mass is 645 g/mol. The van der Waals surface area contributed by atoms with Gasteiger partial charge in [-0.15, -0.1) is 0 Å². The Bertz CT molecular complexity index is 1500. The van der Waals surface area contributed by atoms with E-state index in [4.69, 9.17) is 27.9 Å². The molecule has 1 fully saturated rings. The highest BCUT2D eigenvalue weighted by molar-refractivity contribution is 7.92. The highest BCUT2D eigenvalue weighted by atomic mass is 35.5. The molecule has 1 aliphatic rings. The third-order valence-corrected chi connectivity index (χ3v) is 9.22. The number of carbonyl (C=O) groups excluding carboxylic acids is 2. The Balaban J connectivity index is 1.57. The van der Waals surface area contributed by atoms with Gasteiger partial charge in [-0.3, -0.25) is 13.9 Å². The number of sulfonamides is 1. The summed E-state index contributed by atoms with van der Waals surface area (Å²) in [4.78, 5) is 28.8. The molecule has 8 nitrogen and oxygen atoms in total. The van der Waals surface area contributed by atoms with Crippen molar-refractivity contribution in [3.8, 4) is 5.75 Å². The van der Waals surface area contributed by atoms with Crippen molar-refractivity contribution in [1.29, 1.82) is 0 Å². The summed E-state index contributed by atoms with van der Waals surface area (Å²) in [5.41, 5.74) is 1.89. The molecule has 0 spiro atoms. The highest BCUT2D eigenvalue weighted by Gasteiger charge is 2.33. The van der Waals surface area contributed by atoms with Crippen molar-refractivity contribution in [1.82, 2.24) is 10.2 Å². The molecule has 1 saturated carbocycles. The van der Waals surface area contributed by atoms with Crippen molar-refractivity contribution < 1.29 is 22.7 Å². The van der Waals surface area contributed by atoms with Crippen molar-refractivity contribution in [3.05, 3.63) is 94.0 Å². The topological polar surface area (TPSA) is 96.0 Å². The number of halogens is 2. The molecule has 0 radical (unpaired) electrons. The lowest BCUT2D eigenvalue weighted by Gasteiger charge is -2.33. The van der Waals surface area contributed by atoms with Gasteiger partial charge in [0.25, 0.3) is 0 Å². The largest absolute Gasteiger partial charge is 0.489 e. The van der Waals surface area contributed by atoms with Crippen LogP contribution in [0.15, 0.2) is 72.8 Å². The van der Waals surface area contributed by atoms with Crippen molar-refractivity contribution in [2.75, 3.05) is 17.1 Å². The van der Waals surface area contributed by atoms with Gasteiger partial charge < -0.3 is 15.0 Å². The van der Waals surface area contributed by atoms with E-state index in [9.17, 15) is 18.0 Å². The van der Waals surface area contributed by atoms with E-state index in [1.165, 1.54) is 4.90 Å². The fraction of sp³-hybridized carbons (Fsp3) is 0.375. The molecule has 4 rings (SSSR count). The van der Waals surface area contributed by atoms with E-state index in [2.05, 4.69) is 5.32 Å². The molecular weight excluding hydrogens is 609 g/mol. The molecule has 230 valence electrons. The number of hydrogen-bond donors (Lipinski definition) is 1. The van der Waals surface area contributed by atoms with Crippen LogP contribution in [0.4, 0.5) is 5.69 Å². The van der Waals surface area contributed by atoms with Crippen LogP contribution in [0.3, 0.4) is 0 Å². The first kappa shape index (κ1) is 32.6. The lowest BCUT2D eigenvalue weighted by atomic mass is 10.1. The summed E-state index contributed by atoms with van der Waals surface area (Å²) in [5.74, 6) is -0.242. The molecule has 43 heavy (non-hydrogen) atoms. The number of hydrogen-bond acceptors (Lipinski definition) is 5. The first-order chi connectivity index (χ1) is 20.5. The molecule has 11 heteroatoms. The lowest BCUT2D eigenvalue weighted by Crippen LogP contribution is -2.53. The van der Waals surface area contributed by atoms with Crippen LogP contribution >= 0.6 is 23.2 Å². The minimum Gasteiger partial charge on any atom is -0.489 e. The number of carbonyl (C=O) groups is 2. The average Bonchev–Trinajstić information content (AvgIpc) is 3.49. The van der Waals surface area contributed by atoms with Gasteiger partial charge in [0, 0.05) is 22.6 Å². The first-order valence-corrected chi connectivity index (χ1v) is 16.9. The second-order valence-corrected chi connectivity index (χ2v) is 13.5. The fourth-order valence-electron chi connectivity index (χ4n) is 5.18. The molecule has 3 aromatic carbocycles. The van der Waals surface area contributed by atoms with Crippen LogP contribution < -0.4 is 14.4 Å². The van der Waals surface area contributed by atoms with E-state index >= 15 is 0 Å². The van der Waals surface area contributed by atoms with Gasteiger partial charge >= 0.3 is 0 Å². The van der Waals surface area contributed by atoms with Gasteiger partial charge in [0.2, 0.25) is 21.8 Å². The summed E-state index contributed by atoms with van der Waals surface area (Å²) in [5, 5.41) is 3.88. The van der Waals surface area contributed by atoms with Crippen LogP contribution in [-0.4, -0.2) is 50.0 Å². The summed E-state index contributed by atoms with van der Waals surface area (Å²) in [6.45, 7) is 1.69. The standard InChI is InChI=1S/C32H37Cl2N3O5S/c1-3-30(32(39)35-26-11-7-8-12-26)36(20-24-13-14-25(33)19-29(24)34)31(38)21-37(43(2,40)41)27-15-17-28(18-16-27)42-22-23-9-5-4-6-10-23/h4-6,9-10,13-19,26,30H,3,7-8,11-12,20-22H2,1-2H3,(H,35,39)/t30-/m1/s1. The van der Waals surface area contributed by atoms with E-state index in [0.717, 1.165) is 41.8 Å². The van der Waals surface area contributed by atoms with Crippen LogP contribution in [0.2, 0.25) is 10.0 Å². The number of anilines is 1. The molecule has 0 heterocycles. The van der Waals surface area contributed by atoms with Crippen LogP contribution in [0.25, 0.3) is 0 Å². The van der Waals surface area contributed by atoms with Crippen molar-refractivity contribution in [3.63, 3.8) is 0 Å². The Morgan fingerprint density at radius 2 is 1.67 bits per heavy atom. The van der Waals surface area contributed by atoms with Gasteiger partial charge in [0.15, 0.2) is 0 Å². The molecular formula is C32H37Cl2N3O5S. The zero-order valence-corrected chi connectivity index (χ0v) is 26.7. The Morgan fingerprint density at radius 3 is 2.28 bits per heavy atom. The lowest BCUT2D eigenvalue weighted by molar-refractivity contribution is -0.140. The predicted octanol–water partition coefficient (Wildman–Crippen LogP) is 6.20. The second-order valence-electron chi connectivity index (χ2n) is 10.7. The third-order valence-electron chi connectivity index (χ3n) is 7.50. The highest BCUT2D eigenvalue weighted by Crippen LogP contribution is 2.26. The van der Waals surface area contributed by atoms with Crippen LogP contribution in [0, 0.1) is 0 Å². The third kappa shape index (κ3) is 9.11. The molecule has 0 bridgehead atoms. The Labute approximate surface area is 264 Å². The number of nitrogens with one attached hydrogen (secondary N) is 1. The van der Waals surface area contributed by atoms with Crippen molar-refractivity contribution in [2.24, 2.45) is 0 Å². The van der Waals surface area contributed by atoms with E-state index in [-0.39, 0.29) is 18.5 Å². The molecule has 0 aromatic heterocycles. The molecule has 3 aromatic rings. The number of ether oxygens (including phenoxy) is 1. The first-order valence-electron chi connectivity index (χ1n) is 14.3. The van der Waals surface area contributed by atoms with Gasteiger partial charge in [-0.1, -0.05) is 79.4 Å². The molecule has 0 unspecified atom stereocenters. The quantitative estimate of drug-likeness (QED) is 0.239. The second kappa shape index (κ2) is 14.9. The van der Waals surface area contributed by atoms with Crippen LogP contribution in [0.5, 0.6) is 5.75 Å². The maximum absolute atomic E-state index is 14.0. The van der Waals surface area contributed by atoms with E-state index in [1.807, 2.05) is 37.3 Å². The summed E-state index contributed by atoms with van der Waals surface area (Å²) in [6, 6.07) is 20.4. The van der Waals surface area contributed by atoms with Crippen molar-refractivity contribution >= 4 is 50.7 Å². The van der Waals surface area contributed by atoms with Gasteiger partial charge in [-0.05, 0) is 66.8 Å². The smallest absolute Gasteiger partial charge is 0.244 e. The van der Waals surface area contributed by atoms with Gasteiger partial charge in [-0.2, -0.15) is 0 Å². The summed E-state index contributed by atoms with van der Waals surface area (Å²) in [6.07, 6.45) is 5.26. The Hall–Kier alpha value is -3.27. The predicted molar refractivity (Wildman–Crippen MR) is 171 cm³/mol. The van der Waals surface area contributed by atoms with E-state index < -0.39 is 28.5 Å². The molecule has 0 aliphatic heterocycles. The SMILES string of the molecule is CC[C@H](C(=O)NC1CCCC1)N(Cc1ccc(Cl)cc1Cl)C(=O)CN(c1ccc(OCc2ccccc2)cc1)S(C)(=O)=O. The number of amides is 2. The molecule has 2 amide bonds. The Morgan fingerprint density at radius 1 is 1.00 bits per heavy atom. The molecule has 1 atom stereocenters. The van der Waals surface area contributed by atoms with Crippen molar-refractivity contribution in [2.45, 2.75) is 64.3 Å². The normalized spacial score (nSPS) is 14.2. The summed E-state index contributed by atoms with van der Waals surface area (Å²) in [7, 11) is -3.87. The van der Waals surface area contributed by atoms with E-state index in [0.29, 0.717) is 40.1 Å². The molecule has 0 saturated heterocycles. The Kier molecular flexibility index (Phi) is 11.3. The maximum Gasteiger partial charge on any atom is 0.244 e. The molecule has 1 aliphatic carbocycles. The van der Waals surface area contributed by atoms with E-state index in [1.54, 1.807) is 42.5 Å².